The van der Waals surface area contributed by atoms with Crippen LogP contribution in [0, 0.1) is 0 Å². The fraction of sp³-hybridized carbons (Fsp3) is 0.533. The predicted octanol–water partition coefficient (Wildman–Crippen LogP) is 1.94. The molecule has 0 aromatic heterocycles. The van der Waals surface area contributed by atoms with Crippen molar-refractivity contribution in [2.75, 3.05) is 26.0 Å². The van der Waals surface area contributed by atoms with Crippen LogP contribution in [0.2, 0.25) is 0 Å². The number of benzene rings is 1. The molecule has 1 fully saturated rings. The third-order valence-corrected chi connectivity index (χ3v) is 3.95. The number of piperidine rings is 1. The normalized spacial score (nSPS) is 23.9. The Hall–Kier alpha value is -1.55. The first-order valence-corrected chi connectivity index (χ1v) is 6.89. The van der Waals surface area contributed by atoms with Crippen LogP contribution in [0.5, 0.6) is 0 Å². The van der Waals surface area contributed by atoms with E-state index in [1.807, 2.05) is 24.3 Å². The summed E-state index contributed by atoms with van der Waals surface area (Å²) in [5, 5.41) is 6.19. The molecular weight excluding hydrogens is 238 g/mol. The van der Waals surface area contributed by atoms with Gasteiger partial charge in [0.05, 0.1) is 0 Å². The topological polar surface area (TPSA) is 44.4 Å². The van der Waals surface area contributed by atoms with Gasteiger partial charge in [0.1, 0.15) is 0 Å². The summed E-state index contributed by atoms with van der Waals surface area (Å²) < 4.78 is 0. The van der Waals surface area contributed by atoms with E-state index < -0.39 is 0 Å². The minimum Gasteiger partial charge on any atom is -0.382 e. The average molecular weight is 261 g/mol. The number of carbonyl (C=O) groups is 1. The van der Waals surface area contributed by atoms with Crippen molar-refractivity contribution in [3.8, 4) is 0 Å². The van der Waals surface area contributed by atoms with Crippen LogP contribution in [0.15, 0.2) is 24.3 Å². The highest BCUT2D eigenvalue weighted by atomic mass is 16.1. The molecule has 2 N–H and O–H groups in total. The van der Waals surface area contributed by atoms with E-state index in [2.05, 4.69) is 29.5 Å². The van der Waals surface area contributed by atoms with E-state index in [4.69, 9.17) is 0 Å². The smallest absolute Gasteiger partial charge is 0.251 e. The van der Waals surface area contributed by atoms with Gasteiger partial charge in [0.2, 0.25) is 0 Å². The molecule has 104 valence electrons. The monoisotopic (exact) mass is 261 g/mol. The van der Waals surface area contributed by atoms with Crippen LogP contribution in [0.4, 0.5) is 5.69 Å². The molecule has 0 spiro atoms. The van der Waals surface area contributed by atoms with Crippen molar-refractivity contribution in [1.82, 2.24) is 10.2 Å². The number of rotatable bonds is 3. The first-order valence-electron chi connectivity index (χ1n) is 6.89. The Labute approximate surface area is 115 Å². The van der Waals surface area contributed by atoms with Crippen LogP contribution in [0.3, 0.4) is 0 Å². The number of hydrogen-bond acceptors (Lipinski definition) is 3. The number of carbonyl (C=O) groups excluding carboxylic acids is 1. The number of likely N-dealkylation sites (tertiary alicyclic amines) is 1. The van der Waals surface area contributed by atoms with Gasteiger partial charge < -0.3 is 15.5 Å². The van der Waals surface area contributed by atoms with Crippen LogP contribution in [-0.2, 0) is 0 Å². The van der Waals surface area contributed by atoms with E-state index in [0.29, 0.717) is 17.6 Å². The van der Waals surface area contributed by atoms with Crippen LogP contribution in [-0.4, -0.2) is 43.5 Å². The molecule has 1 aliphatic heterocycles. The summed E-state index contributed by atoms with van der Waals surface area (Å²) >= 11 is 0. The Morgan fingerprint density at radius 2 is 2.00 bits per heavy atom. The third-order valence-electron chi connectivity index (χ3n) is 3.95. The minimum absolute atomic E-state index is 0.0422. The zero-order valence-corrected chi connectivity index (χ0v) is 11.9. The van der Waals surface area contributed by atoms with Crippen LogP contribution in [0.25, 0.3) is 0 Å². The Balaban J connectivity index is 1.94. The summed E-state index contributed by atoms with van der Waals surface area (Å²) in [6.45, 7) is 3.40. The number of anilines is 1. The molecule has 1 aromatic rings. The first kappa shape index (κ1) is 13.9. The maximum Gasteiger partial charge on any atom is 0.251 e. The van der Waals surface area contributed by atoms with Gasteiger partial charge >= 0.3 is 0 Å². The largest absolute Gasteiger partial charge is 0.382 e. The van der Waals surface area contributed by atoms with Gasteiger partial charge in [0.25, 0.3) is 5.91 Å². The Morgan fingerprint density at radius 1 is 1.32 bits per heavy atom. The lowest BCUT2D eigenvalue weighted by Crippen LogP contribution is -2.42. The zero-order chi connectivity index (χ0) is 13.8. The van der Waals surface area contributed by atoms with Crippen LogP contribution >= 0.6 is 0 Å². The second-order valence-electron chi connectivity index (χ2n) is 5.35. The van der Waals surface area contributed by atoms with Gasteiger partial charge in [0, 0.05) is 36.9 Å². The molecule has 19 heavy (non-hydrogen) atoms. The SMILES string of the molecule is CNC(=O)c1ccc(NC2CCN(C)C(C)C2)cc1. The van der Waals surface area contributed by atoms with Crippen molar-refractivity contribution in [3.05, 3.63) is 29.8 Å². The molecular formula is C15H23N3O. The molecule has 2 unspecified atom stereocenters. The lowest BCUT2D eigenvalue weighted by molar-refractivity contribution is 0.0963. The summed E-state index contributed by atoms with van der Waals surface area (Å²) in [5.41, 5.74) is 1.79. The lowest BCUT2D eigenvalue weighted by Gasteiger charge is -2.35. The Bertz CT molecular complexity index is 430. The molecule has 1 amide bonds. The molecule has 4 nitrogen and oxygen atoms in total. The van der Waals surface area contributed by atoms with Crippen molar-refractivity contribution in [1.29, 1.82) is 0 Å². The standard InChI is InChI=1S/C15H23N3O/c1-11-10-14(8-9-18(11)3)17-13-6-4-12(5-7-13)15(19)16-2/h4-7,11,14,17H,8-10H2,1-3H3,(H,16,19). The van der Waals surface area contributed by atoms with E-state index in [-0.39, 0.29) is 5.91 Å². The Kier molecular flexibility index (Phi) is 4.43. The molecule has 0 aliphatic carbocycles. The molecule has 1 aliphatic rings. The maximum absolute atomic E-state index is 11.5. The Morgan fingerprint density at radius 3 is 2.58 bits per heavy atom. The first-order chi connectivity index (χ1) is 9.10. The number of amides is 1. The second-order valence-corrected chi connectivity index (χ2v) is 5.35. The number of nitrogens with zero attached hydrogens (tertiary/aromatic N) is 1. The zero-order valence-electron chi connectivity index (χ0n) is 11.9. The van der Waals surface area contributed by atoms with E-state index in [1.54, 1.807) is 7.05 Å². The highest BCUT2D eigenvalue weighted by Crippen LogP contribution is 2.20. The summed E-state index contributed by atoms with van der Waals surface area (Å²) in [5.74, 6) is -0.0422. The molecule has 4 heteroatoms. The molecule has 1 saturated heterocycles. The van der Waals surface area contributed by atoms with E-state index in [0.717, 1.165) is 25.1 Å². The van der Waals surface area contributed by atoms with Crippen LogP contribution < -0.4 is 10.6 Å². The molecule has 0 bridgehead atoms. The van der Waals surface area contributed by atoms with Crippen molar-refractivity contribution < 1.29 is 4.79 Å². The average Bonchev–Trinajstić information content (AvgIpc) is 2.43. The van der Waals surface area contributed by atoms with Crippen molar-refractivity contribution >= 4 is 11.6 Å². The van der Waals surface area contributed by atoms with E-state index >= 15 is 0 Å². The summed E-state index contributed by atoms with van der Waals surface area (Å²) in [6.07, 6.45) is 2.33. The fourth-order valence-corrected chi connectivity index (χ4v) is 2.52. The maximum atomic E-state index is 11.5. The second kappa shape index (κ2) is 6.06. The van der Waals surface area contributed by atoms with E-state index in [9.17, 15) is 4.79 Å². The number of hydrogen-bond donors (Lipinski definition) is 2. The van der Waals surface area contributed by atoms with Gasteiger partial charge in [-0.25, -0.2) is 0 Å². The summed E-state index contributed by atoms with van der Waals surface area (Å²) in [7, 11) is 3.83. The molecule has 2 atom stereocenters. The van der Waals surface area contributed by atoms with Gasteiger partial charge in [-0.2, -0.15) is 0 Å². The molecule has 0 saturated carbocycles. The summed E-state index contributed by atoms with van der Waals surface area (Å²) in [4.78, 5) is 13.9. The molecule has 2 rings (SSSR count). The highest BCUT2D eigenvalue weighted by molar-refractivity contribution is 5.94. The molecule has 1 heterocycles. The third kappa shape index (κ3) is 3.47. The van der Waals surface area contributed by atoms with Crippen LogP contribution in [0.1, 0.15) is 30.1 Å². The quantitative estimate of drug-likeness (QED) is 0.874. The van der Waals surface area contributed by atoms with E-state index in [1.165, 1.54) is 0 Å². The number of nitrogens with one attached hydrogen (secondary N) is 2. The van der Waals surface area contributed by atoms with Crippen molar-refractivity contribution in [2.24, 2.45) is 0 Å². The predicted molar refractivity (Wildman–Crippen MR) is 78.6 cm³/mol. The van der Waals surface area contributed by atoms with Gasteiger partial charge in [0.15, 0.2) is 0 Å². The highest BCUT2D eigenvalue weighted by Gasteiger charge is 2.22. The van der Waals surface area contributed by atoms with Gasteiger partial charge in [-0.1, -0.05) is 0 Å². The molecule has 1 aromatic carbocycles. The lowest BCUT2D eigenvalue weighted by atomic mass is 9.98. The fourth-order valence-electron chi connectivity index (χ4n) is 2.52. The van der Waals surface area contributed by atoms with Crippen molar-refractivity contribution in [2.45, 2.75) is 31.8 Å². The summed E-state index contributed by atoms with van der Waals surface area (Å²) in [6, 6.07) is 8.83. The van der Waals surface area contributed by atoms with Gasteiger partial charge in [-0.05, 0) is 51.1 Å². The molecule has 0 radical (unpaired) electrons. The minimum atomic E-state index is -0.0422. The van der Waals surface area contributed by atoms with Gasteiger partial charge in [-0.15, -0.1) is 0 Å². The van der Waals surface area contributed by atoms with Crippen molar-refractivity contribution in [3.63, 3.8) is 0 Å². The van der Waals surface area contributed by atoms with Gasteiger partial charge in [-0.3, -0.25) is 4.79 Å².